The van der Waals surface area contributed by atoms with Gasteiger partial charge in [-0.25, -0.2) is 9.97 Å². The van der Waals surface area contributed by atoms with E-state index >= 15 is 0 Å². The van der Waals surface area contributed by atoms with Crippen molar-refractivity contribution in [3.8, 4) is 0 Å². The fraction of sp³-hybridized carbons (Fsp3) is 0.522. The molecule has 1 amide bonds. The number of imidazole rings is 1. The van der Waals surface area contributed by atoms with Crippen molar-refractivity contribution in [2.75, 3.05) is 45.3 Å². The average Bonchev–Trinajstić information content (AvgIpc) is 3.46. The molecule has 4 heterocycles. The summed E-state index contributed by atoms with van der Waals surface area (Å²) in [6.45, 7) is 7.13. The van der Waals surface area contributed by atoms with Gasteiger partial charge < -0.3 is 23.5 Å². The lowest BCUT2D eigenvalue weighted by atomic mass is 9.92. The number of piperidine rings is 1. The van der Waals surface area contributed by atoms with Crippen molar-refractivity contribution in [2.24, 2.45) is 0 Å². The first-order valence-electron chi connectivity index (χ1n) is 10.9. The van der Waals surface area contributed by atoms with E-state index in [1.165, 1.54) is 6.26 Å². The molecule has 0 saturated carbocycles. The fourth-order valence-corrected chi connectivity index (χ4v) is 4.20. The number of likely N-dealkylation sites (N-methyl/N-ethyl adjacent to an activating group) is 1. The van der Waals surface area contributed by atoms with Crippen LogP contribution in [0, 0.1) is 0 Å². The minimum Gasteiger partial charge on any atom is -0.472 e. The van der Waals surface area contributed by atoms with E-state index < -0.39 is 0 Å². The van der Waals surface area contributed by atoms with Gasteiger partial charge in [0, 0.05) is 51.4 Å². The van der Waals surface area contributed by atoms with Crippen LogP contribution in [0.4, 0.5) is 5.82 Å². The quantitative estimate of drug-likeness (QED) is 0.574. The molecule has 0 bridgehead atoms. The van der Waals surface area contributed by atoms with Crippen molar-refractivity contribution in [2.45, 2.75) is 38.6 Å². The van der Waals surface area contributed by atoms with Crippen LogP contribution < -0.4 is 4.90 Å². The van der Waals surface area contributed by atoms with Gasteiger partial charge in [0.2, 0.25) is 0 Å². The standard InChI is InChI=1S/C23H31N5O3/c1-16(2)28-15-24-21-20(28)13-19(25-22(21)26(3)10-12-30-4)17-5-8-27(9-6-17)23(29)18-7-11-31-14-18/h7,11,13-17H,5-6,8-10,12H2,1-4H3. The number of ether oxygens (including phenoxy) is 1. The minimum atomic E-state index is 0.0356. The maximum absolute atomic E-state index is 12.6. The van der Waals surface area contributed by atoms with Crippen LogP contribution in [-0.4, -0.2) is 65.7 Å². The van der Waals surface area contributed by atoms with Crippen LogP contribution in [0.1, 0.15) is 54.7 Å². The van der Waals surface area contributed by atoms with Crippen LogP contribution in [0.15, 0.2) is 35.4 Å². The molecule has 8 nitrogen and oxygen atoms in total. The number of carbonyl (C=O) groups is 1. The molecule has 0 aliphatic carbocycles. The van der Waals surface area contributed by atoms with Gasteiger partial charge in [-0.1, -0.05) is 0 Å². The number of hydrogen-bond donors (Lipinski definition) is 0. The molecule has 0 spiro atoms. The molecule has 4 rings (SSSR count). The Morgan fingerprint density at radius 2 is 2.13 bits per heavy atom. The van der Waals surface area contributed by atoms with Crippen molar-refractivity contribution < 1.29 is 13.9 Å². The lowest BCUT2D eigenvalue weighted by molar-refractivity contribution is 0.0711. The van der Waals surface area contributed by atoms with E-state index in [2.05, 4.69) is 34.4 Å². The number of nitrogens with zero attached hydrogens (tertiary/aromatic N) is 5. The molecule has 0 N–H and O–H groups in total. The molecule has 1 saturated heterocycles. The Balaban J connectivity index is 1.60. The van der Waals surface area contributed by atoms with Crippen LogP contribution in [0.25, 0.3) is 11.0 Å². The molecule has 0 unspecified atom stereocenters. The third kappa shape index (κ3) is 4.30. The van der Waals surface area contributed by atoms with Gasteiger partial charge in [-0.3, -0.25) is 4.79 Å². The topological polar surface area (TPSA) is 76.6 Å². The number of furan rings is 1. The molecule has 3 aromatic rings. The second-order valence-electron chi connectivity index (χ2n) is 8.48. The highest BCUT2D eigenvalue weighted by Crippen LogP contribution is 2.33. The zero-order valence-electron chi connectivity index (χ0n) is 18.7. The van der Waals surface area contributed by atoms with Crippen LogP contribution in [0.5, 0.6) is 0 Å². The molecule has 8 heteroatoms. The van der Waals surface area contributed by atoms with E-state index in [1.54, 1.807) is 19.4 Å². The smallest absolute Gasteiger partial charge is 0.257 e. The van der Waals surface area contributed by atoms with E-state index in [-0.39, 0.29) is 5.91 Å². The number of rotatable bonds is 7. The number of aromatic nitrogens is 3. The number of carbonyl (C=O) groups excluding carboxylic acids is 1. The predicted octanol–water partition coefficient (Wildman–Crippen LogP) is 3.71. The van der Waals surface area contributed by atoms with E-state index in [9.17, 15) is 4.79 Å². The molecule has 1 aliphatic rings. The number of methoxy groups -OCH3 is 1. The van der Waals surface area contributed by atoms with Crippen molar-refractivity contribution in [1.29, 1.82) is 0 Å². The van der Waals surface area contributed by atoms with E-state index in [0.717, 1.165) is 41.9 Å². The summed E-state index contributed by atoms with van der Waals surface area (Å²) in [6, 6.07) is 4.22. The molecule has 0 atom stereocenters. The van der Waals surface area contributed by atoms with Gasteiger partial charge in [-0.05, 0) is 38.8 Å². The maximum Gasteiger partial charge on any atom is 0.257 e. The highest BCUT2D eigenvalue weighted by Gasteiger charge is 2.27. The zero-order valence-corrected chi connectivity index (χ0v) is 18.7. The molecule has 1 fully saturated rings. The average molecular weight is 426 g/mol. The summed E-state index contributed by atoms with van der Waals surface area (Å²) in [5.41, 5.74) is 3.71. The normalized spacial score (nSPS) is 15.2. The molecule has 31 heavy (non-hydrogen) atoms. The molecule has 0 aromatic carbocycles. The first kappa shape index (κ1) is 21.4. The van der Waals surface area contributed by atoms with Gasteiger partial charge in [0.1, 0.15) is 11.8 Å². The summed E-state index contributed by atoms with van der Waals surface area (Å²) in [5, 5.41) is 0. The molecular weight excluding hydrogens is 394 g/mol. The van der Waals surface area contributed by atoms with Crippen LogP contribution in [0.3, 0.4) is 0 Å². The highest BCUT2D eigenvalue weighted by molar-refractivity contribution is 5.94. The summed E-state index contributed by atoms with van der Waals surface area (Å²) in [4.78, 5) is 26.4. The third-order valence-corrected chi connectivity index (χ3v) is 6.08. The van der Waals surface area contributed by atoms with Crippen LogP contribution in [-0.2, 0) is 4.74 Å². The van der Waals surface area contributed by atoms with Gasteiger partial charge in [0.05, 0.1) is 30.3 Å². The number of hydrogen-bond acceptors (Lipinski definition) is 6. The fourth-order valence-electron chi connectivity index (χ4n) is 4.20. The van der Waals surface area contributed by atoms with Gasteiger partial charge in [0.15, 0.2) is 5.82 Å². The van der Waals surface area contributed by atoms with Gasteiger partial charge in [-0.2, -0.15) is 0 Å². The lowest BCUT2D eigenvalue weighted by Gasteiger charge is -2.32. The second-order valence-corrected chi connectivity index (χ2v) is 8.48. The van der Waals surface area contributed by atoms with E-state index in [0.29, 0.717) is 37.2 Å². The Labute approximate surface area is 182 Å². The van der Waals surface area contributed by atoms with Gasteiger partial charge in [-0.15, -0.1) is 0 Å². The Kier molecular flexibility index (Phi) is 6.27. The molecule has 166 valence electrons. The number of pyridine rings is 1. The molecule has 3 aromatic heterocycles. The summed E-state index contributed by atoms with van der Waals surface area (Å²) in [7, 11) is 3.74. The van der Waals surface area contributed by atoms with E-state index in [4.69, 9.17) is 14.1 Å². The number of amides is 1. The third-order valence-electron chi connectivity index (χ3n) is 6.08. The summed E-state index contributed by atoms with van der Waals surface area (Å²) >= 11 is 0. The molecule has 0 radical (unpaired) electrons. The number of fused-ring (bicyclic) bond motifs is 1. The SMILES string of the molecule is COCCN(C)c1nc(C2CCN(C(=O)c3ccoc3)CC2)cc2c1ncn2C(C)C. The number of likely N-dealkylation sites (tertiary alicyclic amines) is 1. The summed E-state index contributed by atoms with van der Waals surface area (Å²) in [5.74, 6) is 1.23. The van der Waals surface area contributed by atoms with Crippen LogP contribution in [0.2, 0.25) is 0 Å². The van der Waals surface area contributed by atoms with Crippen molar-refractivity contribution in [3.63, 3.8) is 0 Å². The zero-order chi connectivity index (χ0) is 22.0. The first-order valence-corrected chi connectivity index (χ1v) is 10.9. The second kappa shape index (κ2) is 9.09. The Bertz CT molecular complexity index is 1020. The Hall–Kier alpha value is -2.87. The first-order chi connectivity index (χ1) is 15.0. The molecular formula is C23H31N5O3. The van der Waals surface area contributed by atoms with Crippen molar-refractivity contribution in [1.82, 2.24) is 19.4 Å². The minimum absolute atomic E-state index is 0.0356. The summed E-state index contributed by atoms with van der Waals surface area (Å²) < 4.78 is 12.5. The lowest BCUT2D eigenvalue weighted by Crippen LogP contribution is -2.38. The van der Waals surface area contributed by atoms with Gasteiger partial charge in [0.25, 0.3) is 5.91 Å². The Morgan fingerprint density at radius 1 is 1.35 bits per heavy atom. The Morgan fingerprint density at radius 3 is 2.77 bits per heavy atom. The predicted molar refractivity (Wildman–Crippen MR) is 120 cm³/mol. The maximum atomic E-state index is 12.6. The van der Waals surface area contributed by atoms with Crippen molar-refractivity contribution in [3.05, 3.63) is 42.2 Å². The monoisotopic (exact) mass is 425 g/mol. The molecule has 1 aliphatic heterocycles. The van der Waals surface area contributed by atoms with Crippen LogP contribution >= 0.6 is 0 Å². The van der Waals surface area contributed by atoms with E-state index in [1.807, 2.05) is 18.3 Å². The largest absolute Gasteiger partial charge is 0.472 e. The number of anilines is 1. The van der Waals surface area contributed by atoms with Crippen molar-refractivity contribution >= 4 is 22.8 Å². The highest BCUT2D eigenvalue weighted by atomic mass is 16.5. The summed E-state index contributed by atoms with van der Waals surface area (Å²) in [6.07, 6.45) is 6.73. The van der Waals surface area contributed by atoms with Gasteiger partial charge >= 0.3 is 0 Å².